The highest BCUT2D eigenvalue weighted by Gasteiger charge is 2.19. The number of aromatic carboxylic acids is 1. The number of benzene rings is 6. The number of carbonyl (C=O) groups is 2. The highest BCUT2D eigenvalue weighted by atomic mass is 79.9. The molecular weight excluding hydrogens is 946 g/mol. The van der Waals surface area contributed by atoms with Crippen molar-refractivity contribution in [3.63, 3.8) is 0 Å². The molecule has 0 aliphatic rings. The van der Waals surface area contributed by atoms with Crippen LogP contribution in [0.3, 0.4) is 0 Å². The van der Waals surface area contributed by atoms with Gasteiger partial charge < -0.3 is 28.5 Å². The minimum Gasteiger partial charge on any atom is -0.488 e. The van der Waals surface area contributed by atoms with Crippen molar-refractivity contribution in [2.45, 2.75) is 34.0 Å². The predicted molar refractivity (Wildman–Crippen MR) is 252 cm³/mol. The van der Waals surface area contributed by atoms with Crippen LogP contribution in [-0.4, -0.2) is 32.8 Å². The zero-order valence-electron chi connectivity index (χ0n) is 35.0. The average molecular weight is 989 g/mol. The van der Waals surface area contributed by atoms with Crippen LogP contribution in [0.1, 0.15) is 50.2 Å². The Morgan fingerprint density at radius 3 is 1.47 bits per heavy atom. The van der Waals surface area contributed by atoms with Crippen LogP contribution in [0.5, 0.6) is 11.5 Å². The standard InChI is InChI=1S/C27H23BrFNO3.C25H19BrFNO3/c1-3-32-27(31)19-8-6-9-22(15-19)30-18(2)11-13-25(30)23-16-21(28)12-14-26(23)33-17-20-7-4-5-10-24(20)29;1-16-9-11-23(28(16)20-7-4-6-17(13-20)25(29)30)21-14-19(26)10-12-24(21)31-15-18-5-2-3-8-22(18)27/h4-16H,3,17H2,1-2H3;2-14H,15H2,1H3,(H,29,30). The molecule has 0 fully saturated rings. The third-order valence-corrected chi connectivity index (χ3v) is 11.2. The molecular formula is C52H42Br2F2N2O6. The Labute approximate surface area is 386 Å². The lowest BCUT2D eigenvalue weighted by molar-refractivity contribution is 0.0525. The van der Waals surface area contributed by atoms with Crippen molar-refractivity contribution in [3.8, 4) is 45.4 Å². The number of carbonyl (C=O) groups excluding carboxylic acids is 1. The van der Waals surface area contributed by atoms with E-state index in [1.54, 1.807) is 67.6 Å². The highest BCUT2D eigenvalue weighted by molar-refractivity contribution is 9.10. The summed E-state index contributed by atoms with van der Waals surface area (Å²) in [5.74, 6) is -0.730. The lowest BCUT2D eigenvalue weighted by Gasteiger charge is -2.17. The van der Waals surface area contributed by atoms with E-state index < -0.39 is 5.97 Å². The second kappa shape index (κ2) is 20.6. The number of ether oxygens (including phenoxy) is 3. The van der Waals surface area contributed by atoms with Crippen molar-refractivity contribution < 1.29 is 37.7 Å². The van der Waals surface area contributed by atoms with E-state index >= 15 is 0 Å². The topological polar surface area (TPSA) is 91.9 Å². The lowest BCUT2D eigenvalue weighted by Crippen LogP contribution is -2.07. The molecule has 0 atom stereocenters. The molecule has 0 amide bonds. The molecule has 2 heterocycles. The minimum atomic E-state index is -0.982. The van der Waals surface area contributed by atoms with Crippen molar-refractivity contribution in [1.82, 2.24) is 9.13 Å². The lowest BCUT2D eigenvalue weighted by atomic mass is 10.1. The summed E-state index contributed by atoms with van der Waals surface area (Å²) in [7, 11) is 0. The monoisotopic (exact) mass is 986 g/mol. The van der Waals surface area contributed by atoms with Gasteiger partial charge in [-0.1, -0.05) is 80.4 Å². The van der Waals surface area contributed by atoms with Crippen LogP contribution in [0.25, 0.3) is 33.9 Å². The van der Waals surface area contributed by atoms with E-state index in [1.807, 2.05) is 103 Å². The van der Waals surface area contributed by atoms with Gasteiger partial charge in [-0.25, -0.2) is 18.4 Å². The number of rotatable bonds is 13. The summed E-state index contributed by atoms with van der Waals surface area (Å²) >= 11 is 7.07. The van der Waals surface area contributed by atoms with E-state index in [0.717, 1.165) is 54.2 Å². The van der Waals surface area contributed by atoms with Crippen LogP contribution in [0.2, 0.25) is 0 Å². The van der Waals surface area contributed by atoms with Crippen LogP contribution in [0, 0.1) is 25.5 Å². The van der Waals surface area contributed by atoms with Gasteiger partial charge in [-0.05, 0) is 130 Å². The summed E-state index contributed by atoms with van der Waals surface area (Å²) in [6.07, 6.45) is 0. The molecule has 12 heteroatoms. The van der Waals surface area contributed by atoms with E-state index in [9.17, 15) is 23.5 Å². The second-order valence-corrected chi connectivity index (χ2v) is 16.4. The molecule has 0 saturated carbocycles. The molecule has 8 nitrogen and oxygen atoms in total. The minimum absolute atomic E-state index is 0.0928. The van der Waals surface area contributed by atoms with Gasteiger partial charge >= 0.3 is 11.9 Å². The SMILES string of the molecule is CCOC(=O)c1cccc(-n2c(C)ccc2-c2cc(Br)ccc2OCc2ccccc2F)c1.Cc1ccc(-c2cc(Br)ccc2OCc2ccccc2F)n1-c1cccc(C(=O)O)c1. The summed E-state index contributed by atoms with van der Waals surface area (Å²) in [5.41, 5.74) is 8.52. The summed E-state index contributed by atoms with van der Waals surface area (Å²) in [6.45, 7) is 6.26. The van der Waals surface area contributed by atoms with Gasteiger partial charge in [0.1, 0.15) is 36.3 Å². The Hall–Kier alpha value is -6.76. The van der Waals surface area contributed by atoms with E-state index in [0.29, 0.717) is 34.8 Å². The molecule has 0 spiro atoms. The Morgan fingerprint density at radius 2 is 1.02 bits per heavy atom. The zero-order valence-corrected chi connectivity index (χ0v) is 38.2. The van der Waals surface area contributed by atoms with Gasteiger partial charge in [-0.3, -0.25) is 0 Å². The number of esters is 1. The van der Waals surface area contributed by atoms with Crippen LogP contribution in [0.15, 0.2) is 167 Å². The molecule has 324 valence electrons. The Bertz CT molecular complexity index is 2960. The molecule has 1 N–H and O–H groups in total. The molecule has 64 heavy (non-hydrogen) atoms. The Kier molecular flexibility index (Phi) is 14.6. The first-order chi connectivity index (χ1) is 30.9. The number of carboxylic acids is 1. The fourth-order valence-electron chi connectivity index (χ4n) is 7.15. The normalized spacial score (nSPS) is 10.8. The molecule has 0 bridgehead atoms. The fourth-order valence-corrected chi connectivity index (χ4v) is 7.87. The summed E-state index contributed by atoms with van der Waals surface area (Å²) in [5, 5.41) is 9.38. The maximum atomic E-state index is 14.1. The van der Waals surface area contributed by atoms with Gasteiger partial charge in [-0.2, -0.15) is 0 Å². The molecule has 0 aliphatic heterocycles. The molecule has 6 aromatic carbocycles. The van der Waals surface area contributed by atoms with Crippen LogP contribution in [-0.2, 0) is 18.0 Å². The summed E-state index contributed by atoms with van der Waals surface area (Å²) in [6, 6.07) is 46.5. The maximum Gasteiger partial charge on any atom is 0.338 e. The molecule has 8 rings (SSSR count). The summed E-state index contributed by atoms with van der Waals surface area (Å²) in [4.78, 5) is 23.7. The van der Waals surface area contributed by atoms with Gasteiger partial charge in [0, 0.05) is 54.0 Å². The smallest absolute Gasteiger partial charge is 0.338 e. The van der Waals surface area contributed by atoms with Crippen LogP contribution >= 0.6 is 31.9 Å². The Balaban J connectivity index is 0.000000192. The second-order valence-electron chi connectivity index (χ2n) is 14.6. The van der Waals surface area contributed by atoms with E-state index in [-0.39, 0.29) is 36.4 Å². The van der Waals surface area contributed by atoms with Crippen LogP contribution in [0.4, 0.5) is 8.78 Å². The first-order valence-electron chi connectivity index (χ1n) is 20.2. The maximum absolute atomic E-state index is 14.1. The fraction of sp³-hybridized carbons (Fsp3) is 0.115. The van der Waals surface area contributed by atoms with Crippen molar-refractivity contribution in [1.29, 1.82) is 0 Å². The highest BCUT2D eigenvalue weighted by Crippen LogP contribution is 2.38. The van der Waals surface area contributed by atoms with Crippen molar-refractivity contribution >= 4 is 43.8 Å². The third-order valence-electron chi connectivity index (χ3n) is 10.2. The van der Waals surface area contributed by atoms with Gasteiger partial charge in [-0.15, -0.1) is 0 Å². The quantitative estimate of drug-likeness (QED) is 0.116. The number of carboxylic acid groups (broad SMARTS) is 1. The molecule has 0 saturated heterocycles. The number of halogens is 4. The number of nitrogens with zero attached hydrogens (tertiary/aromatic N) is 2. The van der Waals surface area contributed by atoms with Gasteiger partial charge in [0.05, 0.1) is 29.1 Å². The average Bonchev–Trinajstić information content (AvgIpc) is 3.88. The number of aromatic nitrogens is 2. The van der Waals surface area contributed by atoms with Crippen molar-refractivity contribution in [3.05, 3.63) is 212 Å². The number of hydrogen-bond acceptors (Lipinski definition) is 5. The summed E-state index contributed by atoms with van der Waals surface area (Å²) < 4.78 is 51.1. The van der Waals surface area contributed by atoms with Gasteiger partial charge in [0.2, 0.25) is 0 Å². The molecule has 8 aromatic rings. The number of aryl methyl sites for hydroxylation is 2. The van der Waals surface area contributed by atoms with E-state index in [1.165, 1.54) is 12.1 Å². The van der Waals surface area contributed by atoms with Crippen molar-refractivity contribution in [2.75, 3.05) is 6.61 Å². The van der Waals surface area contributed by atoms with E-state index in [4.69, 9.17) is 14.2 Å². The zero-order chi connectivity index (χ0) is 45.3. The first-order valence-corrected chi connectivity index (χ1v) is 21.8. The van der Waals surface area contributed by atoms with Crippen molar-refractivity contribution in [2.24, 2.45) is 0 Å². The first kappa shape index (κ1) is 45.3. The molecule has 0 aliphatic carbocycles. The van der Waals surface area contributed by atoms with Gasteiger partial charge in [0.15, 0.2) is 0 Å². The molecule has 0 radical (unpaired) electrons. The van der Waals surface area contributed by atoms with Crippen LogP contribution < -0.4 is 9.47 Å². The van der Waals surface area contributed by atoms with E-state index in [2.05, 4.69) is 36.4 Å². The number of hydrogen-bond donors (Lipinski definition) is 1. The van der Waals surface area contributed by atoms with Gasteiger partial charge in [0.25, 0.3) is 0 Å². The molecule has 0 unspecified atom stereocenters. The molecule has 2 aromatic heterocycles. The largest absolute Gasteiger partial charge is 0.488 e. The third kappa shape index (κ3) is 10.5. The Morgan fingerprint density at radius 1 is 0.562 bits per heavy atom. The predicted octanol–water partition coefficient (Wildman–Crippen LogP) is 13.7.